The number of nitrogens with two attached hydrogens (primary N) is 2. The van der Waals surface area contributed by atoms with Crippen LogP contribution in [0.25, 0.3) is 11.5 Å². The van der Waals surface area contributed by atoms with Crippen molar-refractivity contribution in [3.05, 3.63) is 11.7 Å². The summed E-state index contributed by atoms with van der Waals surface area (Å²) in [5.41, 5.74) is 11.1. The molecular formula is C6H7N7S. The minimum Gasteiger partial charge on any atom is -0.370 e. The van der Waals surface area contributed by atoms with Crippen LogP contribution in [-0.4, -0.2) is 26.1 Å². The predicted octanol–water partition coefficient (Wildman–Crippen LogP) is -0.167. The summed E-state index contributed by atoms with van der Waals surface area (Å²) >= 11 is 1.33. The SMILES string of the molecule is NC(N)=Nc1nc(-c2ncn[nH]2)cs1. The lowest BCUT2D eigenvalue weighted by Crippen LogP contribution is -2.21. The molecule has 0 aliphatic heterocycles. The Labute approximate surface area is 82.9 Å². The summed E-state index contributed by atoms with van der Waals surface area (Å²) in [6, 6.07) is 0. The molecule has 2 aromatic rings. The molecule has 0 spiro atoms. The van der Waals surface area contributed by atoms with Crippen LogP contribution in [0, 0.1) is 0 Å². The molecule has 7 nitrogen and oxygen atoms in total. The van der Waals surface area contributed by atoms with Crippen molar-refractivity contribution < 1.29 is 0 Å². The number of aromatic nitrogens is 4. The number of thiazole rings is 1. The average molecular weight is 209 g/mol. The van der Waals surface area contributed by atoms with Gasteiger partial charge in [-0.05, 0) is 0 Å². The van der Waals surface area contributed by atoms with E-state index in [1.165, 1.54) is 17.7 Å². The minimum atomic E-state index is -0.0107. The van der Waals surface area contributed by atoms with Crippen LogP contribution in [0.15, 0.2) is 16.7 Å². The van der Waals surface area contributed by atoms with Crippen LogP contribution in [0.1, 0.15) is 0 Å². The van der Waals surface area contributed by atoms with E-state index in [1.54, 1.807) is 5.38 Å². The third-order valence-corrected chi connectivity index (χ3v) is 2.11. The van der Waals surface area contributed by atoms with Crippen LogP contribution < -0.4 is 11.5 Å². The molecule has 0 bridgehead atoms. The molecular weight excluding hydrogens is 202 g/mol. The van der Waals surface area contributed by atoms with E-state index in [9.17, 15) is 0 Å². The summed E-state index contributed by atoms with van der Waals surface area (Å²) in [7, 11) is 0. The molecule has 2 rings (SSSR count). The normalized spacial score (nSPS) is 10.0. The van der Waals surface area contributed by atoms with Crippen LogP contribution >= 0.6 is 11.3 Å². The van der Waals surface area contributed by atoms with Crippen molar-refractivity contribution >= 4 is 22.4 Å². The van der Waals surface area contributed by atoms with Crippen molar-refractivity contribution in [2.75, 3.05) is 0 Å². The lowest BCUT2D eigenvalue weighted by Gasteiger charge is -1.86. The van der Waals surface area contributed by atoms with Crippen molar-refractivity contribution in [1.29, 1.82) is 0 Å². The van der Waals surface area contributed by atoms with E-state index in [2.05, 4.69) is 25.2 Å². The third-order valence-electron chi connectivity index (χ3n) is 1.37. The second-order valence-electron chi connectivity index (χ2n) is 2.39. The molecule has 0 radical (unpaired) electrons. The molecule has 2 heterocycles. The smallest absolute Gasteiger partial charge is 0.212 e. The lowest BCUT2D eigenvalue weighted by atomic mass is 10.5. The number of hydrogen-bond donors (Lipinski definition) is 3. The highest BCUT2D eigenvalue weighted by atomic mass is 32.1. The summed E-state index contributed by atoms with van der Waals surface area (Å²) in [6.45, 7) is 0. The van der Waals surface area contributed by atoms with Gasteiger partial charge in [0.1, 0.15) is 12.0 Å². The van der Waals surface area contributed by atoms with E-state index in [-0.39, 0.29) is 5.96 Å². The zero-order chi connectivity index (χ0) is 9.97. The summed E-state index contributed by atoms with van der Waals surface area (Å²) in [5.74, 6) is 0.585. The monoisotopic (exact) mass is 209 g/mol. The van der Waals surface area contributed by atoms with E-state index >= 15 is 0 Å². The molecule has 8 heteroatoms. The predicted molar refractivity (Wildman–Crippen MR) is 53.0 cm³/mol. The first-order chi connectivity index (χ1) is 6.75. The summed E-state index contributed by atoms with van der Waals surface area (Å²) < 4.78 is 0. The topological polar surface area (TPSA) is 119 Å². The maximum Gasteiger partial charge on any atom is 0.212 e. The molecule has 0 saturated heterocycles. The second-order valence-corrected chi connectivity index (χ2v) is 3.22. The summed E-state index contributed by atoms with van der Waals surface area (Å²) in [5, 5.41) is 8.69. The fourth-order valence-corrected chi connectivity index (χ4v) is 1.55. The van der Waals surface area contributed by atoms with Gasteiger partial charge < -0.3 is 11.5 Å². The standard InChI is InChI=1S/C6H7N7S/c7-5(8)12-6-11-3(1-14-6)4-9-2-10-13-4/h1-2H,(H,9,10,13)(H4,7,8,11,12). The number of nitrogens with one attached hydrogen (secondary N) is 1. The van der Waals surface area contributed by atoms with Crippen LogP contribution in [0.3, 0.4) is 0 Å². The highest BCUT2D eigenvalue weighted by Gasteiger charge is 2.05. The highest BCUT2D eigenvalue weighted by Crippen LogP contribution is 2.23. The largest absolute Gasteiger partial charge is 0.370 e. The average Bonchev–Trinajstić information content (AvgIpc) is 2.69. The number of aliphatic imine (C=N–C) groups is 1. The zero-order valence-electron chi connectivity index (χ0n) is 7.01. The first-order valence-corrected chi connectivity index (χ1v) is 4.54. The Balaban J connectivity index is 2.31. The number of guanidine groups is 1. The number of H-pyrrole nitrogens is 1. The molecule has 72 valence electrons. The Kier molecular flexibility index (Phi) is 2.11. The van der Waals surface area contributed by atoms with Crippen LogP contribution in [0.5, 0.6) is 0 Å². The lowest BCUT2D eigenvalue weighted by molar-refractivity contribution is 1.09. The van der Waals surface area contributed by atoms with Crippen molar-refractivity contribution in [2.45, 2.75) is 0 Å². The highest BCUT2D eigenvalue weighted by molar-refractivity contribution is 7.13. The molecule has 5 N–H and O–H groups in total. The van der Waals surface area contributed by atoms with Gasteiger partial charge in [0.2, 0.25) is 5.13 Å². The molecule has 0 amide bonds. The molecule has 0 atom stereocenters. The summed E-state index contributed by atoms with van der Waals surface area (Å²) in [6.07, 6.45) is 1.41. The Morgan fingerprint density at radius 3 is 3.00 bits per heavy atom. The van der Waals surface area contributed by atoms with Crippen LogP contribution in [0.2, 0.25) is 0 Å². The molecule has 0 unspecified atom stereocenters. The van der Waals surface area contributed by atoms with E-state index < -0.39 is 0 Å². The van der Waals surface area contributed by atoms with Gasteiger partial charge in [-0.15, -0.1) is 11.3 Å². The summed E-state index contributed by atoms with van der Waals surface area (Å²) in [4.78, 5) is 11.9. The number of hydrogen-bond acceptors (Lipinski definition) is 5. The van der Waals surface area contributed by atoms with E-state index in [4.69, 9.17) is 11.5 Å². The number of aromatic amines is 1. The first-order valence-electron chi connectivity index (χ1n) is 3.66. The van der Waals surface area contributed by atoms with Crippen molar-refractivity contribution in [1.82, 2.24) is 20.2 Å². The molecule has 0 aromatic carbocycles. The third kappa shape index (κ3) is 1.69. The van der Waals surface area contributed by atoms with Gasteiger partial charge in [0, 0.05) is 5.38 Å². The minimum absolute atomic E-state index is 0.0107. The van der Waals surface area contributed by atoms with Crippen LogP contribution in [-0.2, 0) is 0 Å². The maximum absolute atomic E-state index is 5.21. The Morgan fingerprint density at radius 2 is 2.36 bits per heavy atom. The number of rotatable bonds is 2. The fourth-order valence-electron chi connectivity index (χ4n) is 0.864. The first kappa shape index (κ1) is 8.63. The maximum atomic E-state index is 5.21. The second kappa shape index (κ2) is 3.42. The molecule has 2 aromatic heterocycles. The number of nitrogens with zero attached hydrogens (tertiary/aromatic N) is 4. The van der Waals surface area contributed by atoms with Gasteiger partial charge >= 0.3 is 0 Å². The Bertz CT molecular complexity index is 438. The van der Waals surface area contributed by atoms with Crippen LogP contribution in [0.4, 0.5) is 5.13 Å². The van der Waals surface area contributed by atoms with Gasteiger partial charge in [0.25, 0.3) is 0 Å². The van der Waals surface area contributed by atoms with Gasteiger partial charge in [-0.2, -0.15) is 10.1 Å². The molecule has 0 aliphatic rings. The Morgan fingerprint density at radius 1 is 1.50 bits per heavy atom. The Hall–Kier alpha value is -1.96. The van der Waals surface area contributed by atoms with Gasteiger partial charge in [-0.1, -0.05) is 0 Å². The molecule has 0 saturated carbocycles. The zero-order valence-corrected chi connectivity index (χ0v) is 7.82. The van der Waals surface area contributed by atoms with E-state index in [0.29, 0.717) is 16.6 Å². The van der Waals surface area contributed by atoms with Gasteiger partial charge in [-0.3, -0.25) is 5.10 Å². The molecule has 0 aliphatic carbocycles. The quantitative estimate of drug-likeness (QED) is 0.468. The van der Waals surface area contributed by atoms with Gasteiger partial charge in [0.15, 0.2) is 11.8 Å². The van der Waals surface area contributed by atoms with E-state index in [1.807, 2.05) is 0 Å². The van der Waals surface area contributed by atoms with Crippen molar-refractivity contribution in [3.8, 4) is 11.5 Å². The van der Waals surface area contributed by atoms with Crippen molar-refractivity contribution in [3.63, 3.8) is 0 Å². The fraction of sp³-hybridized carbons (Fsp3) is 0. The van der Waals surface area contributed by atoms with Crippen molar-refractivity contribution in [2.24, 2.45) is 16.5 Å². The van der Waals surface area contributed by atoms with Gasteiger partial charge in [-0.25, -0.2) is 9.97 Å². The molecule has 0 fully saturated rings. The molecule has 14 heavy (non-hydrogen) atoms. The van der Waals surface area contributed by atoms with Gasteiger partial charge in [0.05, 0.1) is 0 Å². The van der Waals surface area contributed by atoms with E-state index in [0.717, 1.165) is 0 Å².